The molecule has 420 valence electrons. The summed E-state index contributed by atoms with van der Waals surface area (Å²) in [6.45, 7) is 4.02. The molecule has 2 fully saturated rings. The van der Waals surface area contributed by atoms with Gasteiger partial charge in [0.15, 0.2) is 18.7 Å². The first kappa shape index (κ1) is 56.8. The molecule has 10 rings (SSSR count). The predicted molar refractivity (Wildman–Crippen MR) is 292 cm³/mol. The highest BCUT2D eigenvalue weighted by Gasteiger charge is 2.61. The molecule has 4 heterocycles. The molecule has 4 aliphatic rings. The van der Waals surface area contributed by atoms with Crippen molar-refractivity contribution in [3.05, 3.63) is 214 Å². The van der Waals surface area contributed by atoms with Crippen LogP contribution in [-0.4, -0.2) is 126 Å². The average Bonchev–Trinajstić information content (AvgIpc) is 4.02. The molecule has 81 heavy (non-hydrogen) atoms. The Morgan fingerprint density at radius 1 is 0.469 bits per heavy atom. The van der Waals surface area contributed by atoms with E-state index in [0.29, 0.717) is 11.1 Å². The smallest absolute Gasteiger partial charge is 0.321 e. The zero-order valence-electron chi connectivity index (χ0n) is 44.8. The van der Waals surface area contributed by atoms with Gasteiger partial charge in [0.1, 0.15) is 55.1 Å². The molecule has 0 unspecified atom stereocenters. The molecule has 0 N–H and O–H groups in total. The lowest BCUT2D eigenvalue weighted by Crippen LogP contribution is -2.71. The van der Waals surface area contributed by atoms with Crippen molar-refractivity contribution < 1.29 is 71.4 Å². The van der Waals surface area contributed by atoms with E-state index in [9.17, 15) is 19.2 Å². The summed E-state index contributed by atoms with van der Waals surface area (Å²) in [5.74, 6) is -4.88. The van der Waals surface area contributed by atoms with E-state index in [0.717, 1.165) is 20.9 Å². The van der Waals surface area contributed by atoms with Crippen molar-refractivity contribution in [2.24, 2.45) is 5.41 Å². The molecule has 0 aliphatic carbocycles. The van der Waals surface area contributed by atoms with Gasteiger partial charge in [-0.05, 0) is 67.3 Å². The maximum absolute atomic E-state index is 15.0. The normalized spacial score (nSPS) is 24.4. The van der Waals surface area contributed by atoms with E-state index in [1.54, 1.807) is 57.2 Å². The molecule has 0 radical (unpaired) electrons. The van der Waals surface area contributed by atoms with Crippen LogP contribution in [0.2, 0.25) is 0 Å². The van der Waals surface area contributed by atoms with E-state index in [1.807, 2.05) is 121 Å². The fraction of sp³-hybridized carbons (Fsp3) is 0.333. The molecule has 10 atom stereocenters. The summed E-state index contributed by atoms with van der Waals surface area (Å²) in [6.07, 6.45) is -11.8. The number of carbonyl (C=O) groups excluding carboxylic acids is 6. The average molecular weight is 1120 g/mol. The van der Waals surface area contributed by atoms with E-state index >= 15 is 9.59 Å². The van der Waals surface area contributed by atoms with Crippen molar-refractivity contribution >= 4 is 47.2 Å². The number of esters is 2. The second-order valence-electron chi connectivity index (χ2n) is 21.0. The Labute approximate surface area is 473 Å². The van der Waals surface area contributed by atoms with Crippen molar-refractivity contribution in [1.82, 2.24) is 9.80 Å². The Bertz CT molecular complexity index is 3110. The fourth-order valence-electron chi connectivity index (χ4n) is 10.4. The molecule has 4 aliphatic heterocycles. The molecule has 2 saturated heterocycles. The number of carbonyl (C=O) groups is 6. The molecular weight excluding hydrogens is 1060 g/mol. The number of nitrogens with zero attached hydrogens (tertiary/aromatic N) is 2. The molecule has 0 saturated carbocycles. The Morgan fingerprint density at radius 3 is 1.27 bits per heavy atom. The third-order valence-electron chi connectivity index (χ3n) is 14.4. The topological polar surface area (TPSA) is 192 Å². The molecule has 17 nitrogen and oxygen atoms in total. The lowest BCUT2D eigenvalue weighted by Gasteiger charge is -2.52. The van der Waals surface area contributed by atoms with E-state index < -0.39 is 115 Å². The number of halogens is 1. The summed E-state index contributed by atoms with van der Waals surface area (Å²) < 4.78 is 60.5. The summed E-state index contributed by atoms with van der Waals surface area (Å²) in [7, 11) is 0. The monoisotopic (exact) mass is 1120 g/mol. The summed E-state index contributed by atoms with van der Waals surface area (Å²) in [6, 6.07) is 46.4. The molecule has 0 aromatic heterocycles. The Kier molecular flexibility index (Phi) is 17.9. The minimum Gasteiger partial charge on any atom is -0.462 e. The lowest BCUT2D eigenvalue weighted by molar-refractivity contribution is -0.349. The highest BCUT2D eigenvalue weighted by molar-refractivity contribution is 6.26. The maximum atomic E-state index is 15.0. The maximum Gasteiger partial charge on any atom is 0.321 e. The van der Waals surface area contributed by atoms with Gasteiger partial charge in [-0.15, -0.1) is 11.6 Å². The van der Waals surface area contributed by atoms with Gasteiger partial charge in [0.2, 0.25) is 0 Å². The lowest BCUT2D eigenvalue weighted by atomic mass is 9.92. The number of amides is 4. The number of fused-ring (bicyclic) bond motifs is 2. The van der Waals surface area contributed by atoms with Crippen LogP contribution < -0.4 is 0 Å². The van der Waals surface area contributed by atoms with Crippen LogP contribution >= 0.6 is 11.6 Å². The number of rotatable bonds is 21. The first-order chi connectivity index (χ1) is 39.3. The van der Waals surface area contributed by atoms with Crippen LogP contribution in [0.25, 0.3) is 0 Å². The van der Waals surface area contributed by atoms with E-state index in [2.05, 4.69) is 0 Å². The number of alkyl halides is 1. The minimum atomic E-state index is -1.77. The van der Waals surface area contributed by atoms with Gasteiger partial charge in [-0.1, -0.05) is 146 Å². The second kappa shape index (κ2) is 25.6. The molecule has 6 aromatic rings. The van der Waals surface area contributed by atoms with Crippen molar-refractivity contribution in [3.8, 4) is 0 Å². The van der Waals surface area contributed by atoms with Crippen molar-refractivity contribution in [2.45, 2.75) is 108 Å². The fourth-order valence-corrected chi connectivity index (χ4v) is 10.4. The van der Waals surface area contributed by atoms with Crippen molar-refractivity contribution in [1.29, 1.82) is 0 Å². The minimum absolute atomic E-state index is 0.0718. The van der Waals surface area contributed by atoms with Crippen LogP contribution in [0.15, 0.2) is 170 Å². The van der Waals surface area contributed by atoms with Crippen LogP contribution in [0, 0.1) is 5.41 Å². The van der Waals surface area contributed by atoms with E-state index in [1.165, 1.54) is 12.1 Å². The summed E-state index contributed by atoms with van der Waals surface area (Å²) in [5, 5.41) is 0. The van der Waals surface area contributed by atoms with Crippen LogP contribution in [-0.2, 0) is 78.6 Å². The van der Waals surface area contributed by atoms with Crippen LogP contribution in [0.1, 0.15) is 84.5 Å². The largest absolute Gasteiger partial charge is 0.462 e. The SMILES string of the molecule is CC(C)(C)C(=O)OC[C@H]1O[C@@H](OCc2ccccc2)[C@H](N2C(=O)c3ccccc3C2=O)[C@@H](OCc2ccccc2)[C@@H]1O[C@@H]1O[C@H](COCc2ccccc2)[C@@H](OC(=O)CCl)[C@H](OCc2ccccc2)[C@H]1N1C(=O)c2ccccc2C1=O. The molecule has 0 spiro atoms. The number of imide groups is 2. The third-order valence-corrected chi connectivity index (χ3v) is 14.6. The van der Waals surface area contributed by atoms with E-state index in [4.69, 9.17) is 54.2 Å². The van der Waals surface area contributed by atoms with Crippen LogP contribution in [0.5, 0.6) is 0 Å². The Morgan fingerprint density at radius 2 is 0.840 bits per heavy atom. The molecular formula is C63H61ClN2O15. The van der Waals surface area contributed by atoms with Gasteiger partial charge in [0.25, 0.3) is 23.6 Å². The summed E-state index contributed by atoms with van der Waals surface area (Å²) >= 11 is 6.17. The van der Waals surface area contributed by atoms with Gasteiger partial charge in [-0.3, -0.25) is 38.6 Å². The summed E-state index contributed by atoms with van der Waals surface area (Å²) in [5.41, 5.74) is 2.30. The molecule has 18 heteroatoms. The van der Waals surface area contributed by atoms with E-state index in [-0.39, 0.29) is 55.3 Å². The Hall–Kier alpha value is -7.45. The molecule has 4 amide bonds. The zero-order valence-corrected chi connectivity index (χ0v) is 45.5. The van der Waals surface area contributed by atoms with Crippen molar-refractivity contribution in [2.75, 3.05) is 19.1 Å². The number of benzene rings is 6. The first-order valence-electron chi connectivity index (χ1n) is 26.7. The van der Waals surface area contributed by atoms with Gasteiger partial charge >= 0.3 is 11.9 Å². The Balaban J connectivity index is 1.14. The summed E-state index contributed by atoms with van der Waals surface area (Å²) in [4.78, 5) is 89.4. The molecule has 6 aromatic carbocycles. The number of hydrogen-bond donors (Lipinski definition) is 0. The quantitative estimate of drug-likeness (QED) is 0.0378. The number of ether oxygens (including phenoxy) is 9. The van der Waals surface area contributed by atoms with Crippen LogP contribution in [0.3, 0.4) is 0 Å². The van der Waals surface area contributed by atoms with Gasteiger partial charge in [-0.25, -0.2) is 0 Å². The van der Waals surface area contributed by atoms with Gasteiger partial charge in [-0.2, -0.15) is 0 Å². The standard InChI is InChI=1S/C63H61ClN2O15/c1-63(2,3)62(72)77-38-48-53(54(74-34-40-22-10-5-11-23-40)50(60(78-48)76-36-42-26-14-7-15-27-42)65-56(68)43-28-16-17-29-44(43)57(65)69)81-61-51(66-58(70)45-30-18-19-31-46(45)59(66)71)55(75-35-41-24-12-6-13-25-41)52(80-49(67)32-64)47(79-61)37-73-33-39-20-8-4-9-21-39/h4-31,47-48,50-55,60-61H,32-38H2,1-3H3/t47-,48-,50-,51-,52-,53-,54-,55-,60-,61+/m1/s1. The second-order valence-corrected chi connectivity index (χ2v) is 21.2. The third kappa shape index (κ3) is 12.7. The first-order valence-corrected chi connectivity index (χ1v) is 27.2. The van der Waals surface area contributed by atoms with Crippen molar-refractivity contribution in [3.63, 3.8) is 0 Å². The predicted octanol–water partition coefficient (Wildman–Crippen LogP) is 8.50. The van der Waals surface area contributed by atoms with Crippen LogP contribution in [0.4, 0.5) is 0 Å². The van der Waals surface area contributed by atoms with Gasteiger partial charge in [0.05, 0.1) is 60.7 Å². The number of hydrogen-bond acceptors (Lipinski definition) is 15. The highest BCUT2D eigenvalue weighted by atomic mass is 35.5. The van der Waals surface area contributed by atoms with Gasteiger partial charge in [0, 0.05) is 0 Å². The van der Waals surface area contributed by atoms with Gasteiger partial charge < -0.3 is 42.6 Å². The highest BCUT2D eigenvalue weighted by Crippen LogP contribution is 2.41. The molecule has 0 bridgehead atoms. The zero-order chi connectivity index (χ0) is 56.6.